The Labute approximate surface area is 89.5 Å². The van der Waals surface area contributed by atoms with Gasteiger partial charge in [0.1, 0.15) is 5.82 Å². The van der Waals surface area contributed by atoms with Gasteiger partial charge in [-0.15, -0.1) is 0 Å². The molecule has 2 rings (SSSR count). The van der Waals surface area contributed by atoms with Crippen molar-refractivity contribution < 1.29 is 0 Å². The maximum atomic E-state index is 5.93. The van der Waals surface area contributed by atoms with Crippen LogP contribution < -0.4 is 5.73 Å². The summed E-state index contributed by atoms with van der Waals surface area (Å²) in [6.07, 6.45) is 2.85. The van der Waals surface area contributed by atoms with Crippen LogP contribution in [0.4, 0.5) is 5.82 Å². The first-order chi connectivity index (χ1) is 7.22. The molecule has 3 heteroatoms. The average Bonchev–Trinajstić information content (AvgIpc) is 2.60. The molecular formula is C12H15N3. The Kier molecular flexibility index (Phi) is 2.46. The predicted molar refractivity (Wildman–Crippen MR) is 62.4 cm³/mol. The zero-order chi connectivity index (χ0) is 10.8. The van der Waals surface area contributed by atoms with Crippen LogP contribution in [0.15, 0.2) is 30.5 Å². The molecule has 0 saturated heterocycles. The van der Waals surface area contributed by atoms with E-state index in [0.29, 0.717) is 5.82 Å². The van der Waals surface area contributed by atoms with Crippen LogP contribution in [0.1, 0.15) is 12.5 Å². The Hall–Kier alpha value is -1.77. The Balaban J connectivity index is 2.49. The van der Waals surface area contributed by atoms with E-state index in [4.69, 9.17) is 5.73 Å². The van der Waals surface area contributed by atoms with E-state index < -0.39 is 0 Å². The highest BCUT2D eigenvalue weighted by atomic mass is 15.3. The summed E-state index contributed by atoms with van der Waals surface area (Å²) in [5.74, 6) is 0.711. The van der Waals surface area contributed by atoms with E-state index in [1.54, 1.807) is 4.68 Å². The molecule has 0 saturated carbocycles. The fraction of sp³-hybridized carbons (Fsp3) is 0.250. The molecule has 78 valence electrons. The van der Waals surface area contributed by atoms with Gasteiger partial charge in [-0.1, -0.05) is 31.2 Å². The Morgan fingerprint density at radius 2 is 2.20 bits per heavy atom. The van der Waals surface area contributed by atoms with E-state index >= 15 is 0 Å². The molecule has 0 bridgehead atoms. The molecule has 0 aliphatic carbocycles. The lowest BCUT2D eigenvalue weighted by molar-refractivity contribution is 0.779. The maximum Gasteiger partial charge on any atom is 0.129 e. The van der Waals surface area contributed by atoms with Gasteiger partial charge >= 0.3 is 0 Å². The molecule has 0 fully saturated rings. The highest BCUT2D eigenvalue weighted by molar-refractivity contribution is 5.73. The first kappa shape index (κ1) is 9.77. The molecule has 15 heavy (non-hydrogen) atoms. The quantitative estimate of drug-likeness (QED) is 0.809. The van der Waals surface area contributed by atoms with E-state index in [9.17, 15) is 0 Å². The molecule has 0 aliphatic heterocycles. The number of rotatable bonds is 2. The van der Waals surface area contributed by atoms with Crippen molar-refractivity contribution in [2.24, 2.45) is 7.05 Å². The Morgan fingerprint density at radius 1 is 1.40 bits per heavy atom. The van der Waals surface area contributed by atoms with Crippen LogP contribution in [0.25, 0.3) is 11.1 Å². The van der Waals surface area contributed by atoms with Crippen molar-refractivity contribution in [3.05, 3.63) is 36.0 Å². The van der Waals surface area contributed by atoms with Gasteiger partial charge in [0.05, 0.1) is 6.20 Å². The summed E-state index contributed by atoms with van der Waals surface area (Å²) in [5, 5.41) is 4.14. The second kappa shape index (κ2) is 3.77. The molecular weight excluding hydrogens is 186 g/mol. The minimum atomic E-state index is 0.711. The van der Waals surface area contributed by atoms with Crippen LogP contribution in [-0.4, -0.2) is 9.78 Å². The standard InChI is InChI=1S/C12H15N3/c1-3-9-5-4-6-10(7-9)11-8-14-15(2)12(11)13/h4-8H,3,13H2,1-2H3. The molecule has 0 aliphatic rings. The third-order valence-electron chi connectivity index (χ3n) is 2.63. The summed E-state index contributed by atoms with van der Waals surface area (Å²) in [6, 6.07) is 8.40. The highest BCUT2D eigenvalue weighted by Crippen LogP contribution is 2.25. The number of nitrogens with zero attached hydrogens (tertiary/aromatic N) is 2. The molecule has 2 aromatic rings. The van der Waals surface area contributed by atoms with Crippen LogP contribution >= 0.6 is 0 Å². The Morgan fingerprint density at radius 3 is 2.80 bits per heavy atom. The van der Waals surface area contributed by atoms with Crippen molar-refractivity contribution >= 4 is 5.82 Å². The minimum Gasteiger partial charge on any atom is -0.383 e. The van der Waals surface area contributed by atoms with Gasteiger partial charge in [0, 0.05) is 12.6 Å². The number of aryl methyl sites for hydroxylation is 2. The van der Waals surface area contributed by atoms with Crippen LogP contribution in [-0.2, 0) is 13.5 Å². The summed E-state index contributed by atoms with van der Waals surface area (Å²) in [6.45, 7) is 2.14. The van der Waals surface area contributed by atoms with E-state index in [0.717, 1.165) is 17.5 Å². The van der Waals surface area contributed by atoms with Crippen LogP contribution in [0, 0.1) is 0 Å². The van der Waals surface area contributed by atoms with Gasteiger partial charge in [0.15, 0.2) is 0 Å². The second-order valence-corrected chi connectivity index (χ2v) is 3.62. The van der Waals surface area contributed by atoms with Gasteiger partial charge in [0.2, 0.25) is 0 Å². The van der Waals surface area contributed by atoms with Gasteiger partial charge in [-0.2, -0.15) is 5.10 Å². The number of hydrogen-bond donors (Lipinski definition) is 1. The molecule has 0 atom stereocenters. The number of nitrogen functional groups attached to an aromatic ring is 1. The van der Waals surface area contributed by atoms with Crippen LogP contribution in [0.2, 0.25) is 0 Å². The van der Waals surface area contributed by atoms with Crippen molar-refractivity contribution in [1.29, 1.82) is 0 Å². The normalized spacial score (nSPS) is 10.5. The van der Waals surface area contributed by atoms with E-state index in [1.807, 2.05) is 13.2 Å². The van der Waals surface area contributed by atoms with Gasteiger partial charge in [-0.25, -0.2) is 0 Å². The largest absolute Gasteiger partial charge is 0.383 e. The summed E-state index contributed by atoms with van der Waals surface area (Å²) in [5.41, 5.74) is 9.39. The lowest BCUT2D eigenvalue weighted by Crippen LogP contribution is -1.98. The number of hydrogen-bond acceptors (Lipinski definition) is 2. The number of anilines is 1. The van der Waals surface area contributed by atoms with Crippen molar-refractivity contribution in [2.45, 2.75) is 13.3 Å². The molecule has 1 heterocycles. The zero-order valence-electron chi connectivity index (χ0n) is 9.07. The number of nitrogens with two attached hydrogens (primary N) is 1. The molecule has 2 N–H and O–H groups in total. The lowest BCUT2D eigenvalue weighted by Gasteiger charge is -2.03. The topological polar surface area (TPSA) is 43.8 Å². The van der Waals surface area contributed by atoms with Crippen LogP contribution in [0.3, 0.4) is 0 Å². The summed E-state index contributed by atoms with van der Waals surface area (Å²) >= 11 is 0. The summed E-state index contributed by atoms with van der Waals surface area (Å²) < 4.78 is 1.69. The van der Waals surface area contributed by atoms with Gasteiger partial charge in [0.25, 0.3) is 0 Å². The predicted octanol–water partition coefficient (Wildman–Crippen LogP) is 2.23. The molecule has 1 aromatic carbocycles. The molecule has 0 radical (unpaired) electrons. The third-order valence-corrected chi connectivity index (χ3v) is 2.63. The number of benzene rings is 1. The van der Waals surface area contributed by atoms with Crippen LogP contribution in [0.5, 0.6) is 0 Å². The third kappa shape index (κ3) is 1.73. The van der Waals surface area contributed by atoms with Gasteiger partial charge in [-0.05, 0) is 17.5 Å². The molecule has 0 amide bonds. The van der Waals surface area contributed by atoms with Crippen molar-refractivity contribution in [1.82, 2.24) is 9.78 Å². The monoisotopic (exact) mass is 201 g/mol. The van der Waals surface area contributed by atoms with Crippen molar-refractivity contribution in [2.75, 3.05) is 5.73 Å². The fourth-order valence-electron chi connectivity index (χ4n) is 1.63. The number of aromatic nitrogens is 2. The minimum absolute atomic E-state index is 0.711. The lowest BCUT2D eigenvalue weighted by atomic mass is 10.0. The zero-order valence-corrected chi connectivity index (χ0v) is 9.07. The molecule has 1 aromatic heterocycles. The highest BCUT2D eigenvalue weighted by Gasteiger charge is 2.06. The van der Waals surface area contributed by atoms with Gasteiger partial charge < -0.3 is 5.73 Å². The fourth-order valence-corrected chi connectivity index (χ4v) is 1.63. The molecule has 0 spiro atoms. The molecule has 3 nitrogen and oxygen atoms in total. The SMILES string of the molecule is CCc1cccc(-c2cnn(C)c2N)c1. The van der Waals surface area contributed by atoms with E-state index in [2.05, 4.69) is 36.3 Å². The first-order valence-electron chi connectivity index (χ1n) is 5.09. The van der Waals surface area contributed by atoms with E-state index in [1.165, 1.54) is 5.56 Å². The van der Waals surface area contributed by atoms with E-state index in [-0.39, 0.29) is 0 Å². The van der Waals surface area contributed by atoms with Gasteiger partial charge in [-0.3, -0.25) is 4.68 Å². The second-order valence-electron chi connectivity index (χ2n) is 3.62. The average molecular weight is 201 g/mol. The summed E-state index contributed by atoms with van der Waals surface area (Å²) in [4.78, 5) is 0. The summed E-state index contributed by atoms with van der Waals surface area (Å²) in [7, 11) is 1.85. The maximum absolute atomic E-state index is 5.93. The first-order valence-corrected chi connectivity index (χ1v) is 5.09. The van der Waals surface area contributed by atoms with Crippen molar-refractivity contribution in [3.8, 4) is 11.1 Å². The smallest absolute Gasteiger partial charge is 0.129 e. The van der Waals surface area contributed by atoms with Crippen molar-refractivity contribution in [3.63, 3.8) is 0 Å². The molecule has 0 unspecified atom stereocenters. The Bertz CT molecular complexity index is 471.